The number of alkyl halides is 3. The lowest BCUT2D eigenvalue weighted by Gasteiger charge is -2.11. The molecule has 0 saturated carbocycles. The molecule has 2 rings (SSSR count). The monoisotopic (exact) mass is 346 g/mol. The van der Waals surface area contributed by atoms with Gasteiger partial charge in [-0.2, -0.15) is 13.2 Å². The largest absolute Gasteiger partial charge is 0.417 e. The number of halogens is 5. The van der Waals surface area contributed by atoms with Gasteiger partial charge in [0.05, 0.1) is 11.1 Å². The van der Waals surface area contributed by atoms with Crippen molar-refractivity contribution in [3.63, 3.8) is 0 Å². The molecule has 104 valence electrons. The number of carbonyl (C=O) groups excluding carboxylic acids is 1. The Kier molecular flexibility index (Phi) is 3.94. The summed E-state index contributed by atoms with van der Waals surface area (Å²) < 4.78 is 51.6. The zero-order valence-electron chi connectivity index (χ0n) is 9.84. The van der Waals surface area contributed by atoms with Crippen molar-refractivity contribution in [1.29, 1.82) is 0 Å². The molecule has 0 unspecified atom stereocenters. The Labute approximate surface area is 120 Å². The van der Waals surface area contributed by atoms with E-state index in [9.17, 15) is 22.4 Å². The third-order valence-corrected chi connectivity index (χ3v) is 3.34. The van der Waals surface area contributed by atoms with Crippen molar-refractivity contribution in [3.8, 4) is 0 Å². The van der Waals surface area contributed by atoms with Gasteiger partial charge in [-0.1, -0.05) is 28.1 Å². The average molecular weight is 347 g/mol. The van der Waals surface area contributed by atoms with Crippen molar-refractivity contribution in [2.75, 3.05) is 0 Å². The Morgan fingerprint density at radius 2 is 1.70 bits per heavy atom. The van der Waals surface area contributed by atoms with Crippen molar-refractivity contribution < 1.29 is 22.4 Å². The van der Waals surface area contributed by atoms with Crippen LogP contribution in [0.5, 0.6) is 0 Å². The first-order valence-electron chi connectivity index (χ1n) is 5.46. The highest BCUT2D eigenvalue weighted by molar-refractivity contribution is 9.10. The highest BCUT2D eigenvalue weighted by Crippen LogP contribution is 2.35. The average Bonchev–Trinajstić information content (AvgIpc) is 2.37. The molecule has 0 bridgehead atoms. The van der Waals surface area contributed by atoms with Gasteiger partial charge in [0.2, 0.25) is 0 Å². The van der Waals surface area contributed by atoms with Crippen molar-refractivity contribution in [1.82, 2.24) is 0 Å². The van der Waals surface area contributed by atoms with Crippen LogP contribution in [0.25, 0.3) is 0 Å². The summed E-state index contributed by atoms with van der Waals surface area (Å²) in [5.41, 5.74) is -1.45. The van der Waals surface area contributed by atoms with E-state index in [-0.39, 0.29) is 15.6 Å². The van der Waals surface area contributed by atoms with Crippen LogP contribution in [0.15, 0.2) is 46.9 Å². The van der Waals surface area contributed by atoms with Crippen molar-refractivity contribution in [2.24, 2.45) is 0 Å². The van der Waals surface area contributed by atoms with Gasteiger partial charge < -0.3 is 0 Å². The van der Waals surface area contributed by atoms with Crippen LogP contribution in [0.3, 0.4) is 0 Å². The lowest BCUT2D eigenvalue weighted by molar-refractivity contribution is -0.138. The summed E-state index contributed by atoms with van der Waals surface area (Å²) in [4.78, 5) is 12.0. The molecule has 0 saturated heterocycles. The summed E-state index contributed by atoms with van der Waals surface area (Å²) in [5.74, 6) is -1.56. The molecule has 0 atom stereocenters. The zero-order valence-corrected chi connectivity index (χ0v) is 11.4. The standard InChI is InChI=1S/C14H7BrF4O/c15-11-6-5-8(7-10(11)14(17,18)19)13(20)9-3-1-2-4-12(9)16/h1-7H. The Balaban J connectivity index is 2.50. The molecule has 0 heterocycles. The number of ketones is 1. The number of hydrogen-bond acceptors (Lipinski definition) is 1. The van der Waals surface area contributed by atoms with Crippen LogP contribution in [0.2, 0.25) is 0 Å². The maximum Gasteiger partial charge on any atom is 0.417 e. The molecule has 0 aromatic heterocycles. The van der Waals surface area contributed by atoms with Gasteiger partial charge in [0.1, 0.15) is 5.82 Å². The summed E-state index contributed by atoms with van der Waals surface area (Å²) in [6.45, 7) is 0. The quantitative estimate of drug-likeness (QED) is 0.561. The minimum absolute atomic E-state index is 0.171. The smallest absolute Gasteiger partial charge is 0.288 e. The second kappa shape index (κ2) is 5.36. The van der Waals surface area contributed by atoms with E-state index in [0.29, 0.717) is 6.07 Å². The zero-order chi connectivity index (χ0) is 14.9. The maximum atomic E-state index is 13.5. The molecule has 0 aliphatic heterocycles. The Hall–Kier alpha value is -1.69. The van der Waals surface area contributed by atoms with Crippen LogP contribution in [-0.4, -0.2) is 5.78 Å². The second-order valence-corrected chi connectivity index (χ2v) is 4.86. The molecule has 6 heteroatoms. The molecule has 2 aromatic carbocycles. The van der Waals surface area contributed by atoms with E-state index in [4.69, 9.17) is 0 Å². The minimum Gasteiger partial charge on any atom is -0.288 e. The van der Waals surface area contributed by atoms with Gasteiger partial charge in [0.25, 0.3) is 0 Å². The summed E-state index contributed by atoms with van der Waals surface area (Å²) in [7, 11) is 0. The topological polar surface area (TPSA) is 17.1 Å². The molecule has 0 radical (unpaired) electrons. The predicted molar refractivity (Wildman–Crippen MR) is 69.0 cm³/mol. The van der Waals surface area contributed by atoms with Crippen LogP contribution >= 0.6 is 15.9 Å². The maximum absolute atomic E-state index is 13.5. The molecule has 0 N–H and O–H groups in total. The molecule has 2 aromatic rings. The first kappa shape index (κ1) is 14.7. The van der Waals surface area contributed by atoms with E-state index in [1.54, 1.807) is 0 Å². The first-order valence-corrected chi connectivity index (χ1v) is 6.26. The van der Waals surface area contributed by atoms with E-state index >= 15 is 0 Å². The number of carbonyl (C=O) groups is 1. The molecule has 0 spiro atoms. The first-order chi connectivity index (χ1) is 9.30. The van der Waals surface area contributed by atoms with Gasteiger partial charge in [-0.3, -0.25) is 4.79 Å². The van der Waals surface area contributed by atoms with Crippen LogP contribution in [-0.2, 0) is 6.18 Å². The van der Waals surface area contributed by atoms with E-state index in [2.05, 4.69) is 15.9 Å². The van der Waals surface area contributed by atoms with Gasteiger partial charge in [-0.15, -0.1) is 0 Å². The Morgan fingerprint density at radius 3 is 2.30 bits per heavy atom. The molecule has 1 nitrogen and oxygen atoms in total. The number of hydrogen-bond donors (Lipinski definition) is 0. The van der Waals surface area contributed by atoms with Gasteiger partial charge in [-0.25, -0.2) is 4.39 Å². The van der Waals surface area contributed by atoms with Crippen LogP contribution < -0.4 is 0 Å². The third-order valence-electron chi connectivity index (χ3n) is 2.65. The van der Waals surface area contributed by atoms with Crippen LogP contribution in [0.1, 0.15) is 21.5 Å². The fourth-order valence-corrected chi connectivity index (χ4v) is 2.16. The van der Waals surface area contributed by atoms with Crippen molar-refractivity contribution in [2.45, 2.75) is 6.18 Å². The highest BCUT2D eigenvalue weighted by atomic mass is 79.9. The molecule has 0 aliphatic carbocycles. The molecular formula is C14H7BrF4O. The second-order valence-electron chi connectivity index (χ2n) is 4.00. The summed E-state index contributed by atoms with van der Waals surface area (Å²) in [6.07, 6.45) is -4.59. The SMILES string of the molecule is O=C(c1ccc(Br)c(C(F)(F)F)c1)c1ccccc1F. The molecule has 20 heavy (non-hydrogen) atoms. The Morgan fingerprint density at radius 1 is 1.05 bits per heavy atom. The van der Waals surface area contributed by atoms with E-state index in [1.165, 1.54) is 24.3 Å². The van der Waals surface area contributed by atoms with E-state index in [1.807, 2.05) is 0 Å². The normalized spacial score (nSPS) is 11.4. The lowest BCUT2D eigenvalue weighted by atomic mass is 10.0. The Bertz CT molecular complexity index is 664. The summed E-state index contributed by atoms with van der Waals surface area (Å²) >= 11 is 2.78. The van der Waals surface area contributed by atoms with Crippen LogP contribution in [0.4, 0.5) is 17.6 Å². The fraction of sp³-hybridized carbons (Fsp3) is 0.0714. The van der Waals surface area contributed by atoms with E-state index < -0.39 is 23.3 Å². The number of benzene rings is 2. The van der Waals surface area contributed by atoms with Gasteiger partial charge in [0.15, 0.2) is 5.78 Å². The van der Waals surface area contributed by atoms with Crippen molar-refractivity contribution in [3.05, 3.63) is 69.4 Å². The molecule has 0 amide bonds. The highest BCUT2D eigenvalue weighted by Gasteiger charge is 2.33. The summed E-state index contributed by atoms with van der Waals surface area (Å²) in [5, 5.41) is 0. The van der Waals surface area contributed by atoms with Gasteiger partial charge >= 0.3 is 6.18 Å². The van der Waals surface area contributed by atoms with Crippen molar-refractivity contribution >= 4 is 21.7 Å². The predicted octanol–water partition coefficient (Wildman–Crippen LogP) is 4.84. The summed E-state index contributed by atoms with van der Waals surface area (Å²) in [6, 6.07) is 8.20. The number of rotatable bonds is 2. The lowest BCUT2D eigenvalue weighted by Crippen LogP contribution is -2.10. The molecular weight excluding hydrogens is 340 g/mol. The minimum atomic E-state index is -4.59. The third kappa shape index (κ3) is 2.90. The molecule has 0 fully saturated rings. The van der Waals surface area contributed by atoms with Gasteiger partial charge in [-0.05, 0) is 30.3 Å². The molecule has 0 aliphatic rings. The van der Waals surface area contributed by atoms with Crippen LogP contribution in [0, 0.1) is 5.82 Å². The van der Waals surface area contributed by atoms with Gasteiger partial charge in [0, 0.05) is 10.0 Å². The van der Waals surface area contributed by atoms with E-state index in [0.717, 1.165) is 12.1 Å². The fourth-order valence-electron chi connectivity index (χ4n) is 1.68.